The van der Waals surface area contributed by atoms with Crippen LogP contribution in [0.25, 0.3) is 0 Å². The second-order valence-electron chi connectivity index (χ2n) is 4.81. The minimum Gasteiger partial charge on any atom is -0.301 e. The quantitative estimate of drug-likeness (QED) is 0.927. The normalized spacial score (nSPS) is 14.9. The number of benzene rings is 1. The summed E-state index contributed by atoms with van der Waals surface area (Å²) >= 11 is 7.56. The van der Waals surface area contributed by atoms with Crippen molar-refractivity contribution in [1.29, 1.82) is 0 Å². The Hall–Kier alpha value is -1.43. The molecule has 1 N–H and O–H groups in total. The van der Waals surface area contributed by atoms with E-state index in [2.05, 4.69) is 22.2 Å². The fraction of sp³-hybridized carbons (Fsp3) is 0.286. The van der Waals surface area contributed by atoms with Gasteiger partial charge in [0.15, 0.2) is 5.13 Å². The summed E-state index contributed by atoms with van der Waals surface area (Å²) in [6.07, 6.45) is 0.935. The average Bonchev–Trinajstić information content (AvgIpc) is 2.80. The van der Waals surface area contributed by atoms with Gasteiger partial charge in [-0.3, -0.25) is 10.1 Å². The highest BCUT2D eigenvalue weighted by Gasteiger charge is 2.19. The number of rotatable bonds is 2. The number of fused-ring (bicyclic) bond motifs is 1. The molecule has 3 rings (SSSR count). The number of carbonyl (C=O) groups excluding carboxylic acids is 1. The van der Waals surface area contributed by atoms with E-state index in [1.54, 1.807) is 35.6 Å². The molecule has 20 heavy (non-hydrogen) atoms. The van der Waals surface area contributed by atoms with Crippen LogP contribution in [0.2, 0.25) is 5.02 Å². The highest BCUT2D eigenvalue weighted by atomic mass is 35.5. The molecular weight excluding hydrogens is 294 g/mol. The summed E-state index contributed by atoms with van der Waals surface area (Å²) in [4.78, 5) is 20.1. The van der Waals surface area contributed by atoms with Gasteiger partial charge >= 0.3 is 0 Å². The van der Waals surface area contributed by atoms with E-state index < -0.39 is 0 Å². The van der Waals surface area contributed by atoms with Gasteiger partial charge in [0.05, 0.1) is 16.3 Å². The zero-order valence-corrected chi connectivity index (χ0v) is 12.6. The third-order valence-corrected chi connectivity index (χ3v) is 4.59. The molecule has 6 heteroatoms. The molecule has 1 aromatic heterocycles. The van der Waals surface area contributed by atoms with Gasteiger partial charge < -0.3 is 4.90 Å². The van der Waals surface area contributed by atoms with Crippen molar-refractivity contribution in [3.63, 3.8) is 0 Å². The Morgan fingerprint density at radius 2 is 2.25 bits per heavy atom. The van der Waals surface area contributed by atoms with Gasteiger partial charge in [-0.15, -0.1) is 11.3 Å². The van der Waals surface area contributed by atoms with Crippen LogP contribution in [0.1, 0.15) is 20.9 Å². The van der Waals surface area contributed by atoms with Crippen LogP contribution < -0.4 is 5.32 Å². The Balaban J connectivity index is 1.79. The first-order valence-electron chi connectivity index (χ1n) is 6.36. The Morgan fingerprint density at radius 3 is 3.05 bits per heavy atom. The minimum absolute atomic E-state index is 0.213. The largest absolute Gasteiger partial charge is 0.301 e. The third kappa shape index (κ3) is 2.70. The Bertz CT molecular complexity index is 656. The van der Waals surface area contributed by atoms with Crippen LogP contribution in [0.5, 0.6) is 0 Å². The first kappa shape index (κ1) is 13.5. The van der Waals surface area contributed by atoms with Crippen molar-refractivity contribution in [2.45, 2.75) is 13.0 Å². The maximum Gasteiger partial charge on any atom is 0.258 e. The maximum atomic E-state index is 12.2. The molecule has 0 saturated carbocycles. The topological polar surface area (TPSA) is 45.2 Å². The van der Waals surface area contributed by atoms with Gasteiger partial charge in [-0.05, 0) is 19.2 Å². The number of hydrogen-bond donors (Lipinski definition) is 1. The Labute approximate surface area is 126 Å². The van der Waals surface area contributed by atoms with Crippen molar-refractivity contribution in [3.05, 3.63) is 45.4 Å². The average molecular weight is 308 g/mol. The van der Waals surface area contributed by atoms with Crippen LogP contribution in [0.3, 0.4) is 0 Å². The number of amides is 1. The van der Waals surface area contributed by atoms with Crippen molar-refractivity contribution >= 4 is 34.0 Å². The summed E-state index contributed by atoms with van der Waals surface area (Å²) in [5.74, 6) is -0.213. The lowest BCUT2D eigenvalue weighted by Gasteiger charge is -2.20. The second kappa shape index (κ2) is 5.52. The molecule has 1 aliphatic rings. The zero-order chi connectivity index (χ0) is 14.1. The van der Waals surface area contributed by atoms with Crippen LogP contribution in [-0.2, 0) is 13.0 Å². The fourth-order valence-corrected chi connectivity index (χ4v) is 3.49. The van der Waals surface area contributed by atoms with Gasteiger partial charge in [0.25, 0.3) is 5.91 Å². The van der Waals surface area contributed by atoms with Crippen molar-refractivity contribution in [2.24, 2.45) is 0 Å². The number of halogens is 1. The van der Waals surface area contributed by atoms with Gasteiger partial charge in [0, 0.05) is 24.4 Å². The van der Waals surface area contributed by atoms with Crippen molar-refractivity contribution in [1.82, 2.24) is 9.88 Å². The molecule has 2 aromatic rings. The monoisotopic (exact) mass is 307 g/mol. The molecule has 1 amide bonds. The molecule has 0 fully saturated rings. The Morgan fingerprint density at radius 1 is 1.45 bits per heavy atom. The zero-order valence-electron chi connectivity index (χ0n) is 11.0. The highest BCUT2D eigenvalue weighted by molar-refractivity contribution is 7.15. The van der Waals surface area contributed by atoms with E-state index in [-0.39, 0.29) is 5.91 Å². The molecule has 0 saturated heterocycles. The molecule has 1 aromatic carbocycles. The van der Waals surface area contributed by atoms with E-state index in [4.69, 9.17) is 11.6 Å². The second-order valence-corrected chi connectivity index (χ2v) is 6.30. The standard InChI is InChI=1S/C14H14ClN3OS/c1-18-7-6-11-12(8-18)20-14(16-11)17-13(19)9-4-2-3-5-10(9)15/h2-5H,6-8H2,1H3,(H,16,17,19). The summed E-state index contributed by atoms with van der Waals surface area (Å²) in [6.45, 7) is 1.91. The summed E-state index contributed by atoms with van der Waals surface area (Å²) in [6, 6.07) is 7.01. The molecule has 0 bridgehead atoms. The van der Waals surface area contributed by atoms with E-state index in [1.807, 2.05) is 0 Å². The fourth-order valence-electron chi connectivity index (χ4n) is 2.19. The number of anilines is 1. The number of likely N-dealkylation sites (N-methyl/N-ethyl adjacent to an activating group) is 1. The van der Waals surface area contributed by atoms with Crippen LogP contribution in [-0.4, -0.2) is 29.4 Å². The lowest BCUT2D eigenvalue weighted by molar-refractivity contribution is 0.102. The first-order valence-corrected chi connectivity index (χ1v) is 7.56. The highest BCUT2D eigenvalue weighted by Crippen LogP contribution is 2.28. The van der Waals surface area contributed by atoms with Crippen LogP contribution in [0, 0.1) is 0 Å². The molecule has 4 nitrogen and oxygen atoms in total. The summed E-state index contributed by atoms with van der Waals surface area (Å²) < 4.78 is 0. The van der Waals surface area contributed by atoms with E-state index >= 15 is 0 Å². The van der Waals surface area contributed by atoms with Gasteiger partial charge in [0.2, 0.25) is 0 Å². The van der Waals surface area contributed by atoms with Crippen LogP contribution in [0.4, 0.5) is 5.13 Å². The Kier molecular flexibility index (Phi) is 3.74. The predicted molar refractivity (Wildman–Crippen MR) is 81.6 cm³/mol. The van der Waals surface area contributed by atoms with Gasteiger partial charge in [0.1, 0.15) is 0 Å². The number of carbonyl (C=O) groups is 1. The molecule has 0 unspecified atom stereocenters. The van der Waals surface area contributed by atoms with Crippen LogP contribution >= 0.6 is 22.9 Å². The molecule has 0 aliphatic carbocycles. The maximum absolute atomic E-state index is 12.2. The molecule has 0 radical (unpaired) electrons. The summed E-state index contributed by atoms with van der Waals surface area (Å²) in [7, 11) is 2.09. The lowest BCUT2D eigenvalue weighted by atomic mass is 10.2. The molecule has 0 spiro atoms. The van der Waals surface area contributed by atoms with Crippen molar-refractivity contribution < 1.29 is 4.79 Å². The minimum atomic E-state index is -0.213. The molecule has 0 atom stereocenters. The van der Waals surface area contributed by atoms with Gasteiger partial charge in [-0.2, -0.15) is 0 Å². The van der Waals surface area contributed by atoms with Crippen molar-refractivity contribution in [2.75, 3.05) is 18.9 Å². The van der Waals surface area contributed by atoms with E-state index in [0.29, 0.717) is 15.7 Å². The summed E-state index contributed by atoms with van der Waals surface area (Å²) in [5, 5.41) is 3.93. The molecule has 2 heterocycles. The number of thiazole rings is 1. The molecular formula is C14H14ClN3OS. The van der Waals surface area contributed by atoms with Crippen LogP contribution in [0.15, 0.2) is 24.3 Å². The van der Waals surface area contributed by atoms with Crippen molar-refractivity contribution in [3.8, 4) is 0 Å². The third-order valence-electron chi connectivity index (χ3n) is 3.26. The smallest absolute Gasteiger partial charge is 0.258 e. The number of nitrogens with one attached hydrogen (secondary N) is 1. The number of aromatic nitrogens is 1. The summed E-state index contributed by atoms with van der Waals surface area (Å²) in [5.41, 5.74) is 1.57. The first-order chi connectivity index (χ1) is 9.63. The van der Waals surface area contributed by atoms with E-state index in [1.165, 1.54) is 4.88 Å². The van der Waals surface area contributed by atoms with E-state index in [0.717, 1.165) is 25.2 Å². The number of nitrogens with zero attached hydrogens (tertiary/aromatic N) is 2. The van der Waals surface area contributed by atoms with Gasteiger partial charge in [-0.1, -0.05) is 23.7 Å². The molecule has 104 valence electrons. The predicted octanol–water partition coefficient (Wildman–Crippen LogP) is 3.04. The molecule has 1 aliphatic heterocycles. The lowest BCUT2D eigenvalue weighted by Crippen LogP contribution is -2.25. The SMILES string of the molecule is CN1CCc2nc(NC(=O)c3ccccc3Cl)sc2C1. The number of hydrogen-bond acceptors (Lipinski definition) is 4. The van der Waals surface area contributed by atoms with Gasteiger partial charge in [-0.25, -0.2) is 4.98 Å². The van der Waals surface area contributed by atoms with E-state index in [9.17, 15) is 4.79 Å².